The third kappa shape index (κ3) is 3.11. The number of hydrogen-bond acceptors (Lipinski definition) is 2. The minimum absolute atomic E-state index is 0.512. The molecule has 0 spiro atoms. The van der Waals surface area contributed by atoms with Crippen molar-refractivity contribution in [3.63, 3.8) is 0 Å². The lowest BCUT2D eigenvalue weighted by molar-refractivity contribution is -0.000253. The van der Waals surface area contributed by atoms with E-state index in [4.69, 9.17) is 4.74 Å². The summed E-state index contributed by atoms with van der Waals surface area (Å²) in [6.45, 7) is 7.67. The summed E-state index contributed by atoms with van der Waals surface area (Å²) in [6, 6.07) is 0. The lowest BCUT2D eigenvalue weighted by Gasteiger charge is -2.29. The highest BCUT2D eigenvalue weighted by atomic mass is 16.5. The summed E-state index contributed by atoms with van der Waals surface area (Å²) >= 11 is 0. The lowest BCUT2D eigenvalue weighted by Crippen LogP contribution is -2.39. The predicted molar refractivity (Wildman–Crippen MR) is 51.3 cm³/mol. The predicted octanol–water partition coefficient (Wildman–Crippen LogP) is 1.80. The molecule has 72 valence electrons. The van der Waals surface area contributed by atoms with Gasteiger partial charge in [0, 0.05) is 13.2 Å². The summed E-state index contributed by atoms with van der Waals surface area (Å²) in [7, 11) is 0. The van der Waals surface area contributed by atoms with Crippen molar-refractivity contribution in [3.8, 4) is 0 Å². The topological polar surface area (TPSA) is 21.3 Å². The van der Waals surface area contributed by atoms with Gasteiger partial charge in [0.15, 0.2) is 0 Å². The molecule has 2 nitrogen and oxygen atoms in total. The molecule has 0 aromatic rings. The van der Waals surface area contributed by atoms with Crippen LogP contribution in [-0.2, 0) is 4.74 Å². The van der Waals surface area contributed by atoms with Crippen LogP contribution in [0.4, 0.5) is 0 Å². The van der Waals surface area contributed by atoms with Crippen molar-refractivity contribution in [2.45, 2.75) is 39.2 Å². The van der Waals surface area contributed by atoms with Gasteiger partial charge in [0.2, 0.25) is 0 Å². The van der Waals surface area contributed by atoms with Crippen LogP contribution >= 0.6 is 0 Å². The van der Waals surface area contributed by atoms with Crippen LogP contribution in [0.5, 0.6) is 0 Å². The van der Waals surface area contributed by atoms with Crippen molar-refractivity contribution >= 4 is 0 Å². The van der Waals surface area contributed by atoms with Crippen LogP contribution in [0.3, 0.4) is 0 Å². The molecule has 1 saturated heterocycles. The Labute approximate surface area is 75.7 Å². The minimum atomic E-state index is 0.512. The number of rotatable bonds is 4. The quantitative estimate of drug-likeness (QED) is 0.651. The second kappa shape index (κ2) is 5.55. The highest BCUT2D eigenvalue weighted by molar-refractivity contribution is 4.75. The number of ether oxygens (including phenoxy) is 1. The second-order valence-electron chi connectivity index (χ2n) is 3.73. The van der Waals surface area contributed by atoms with Gasteiger partial charge in [0.1, 0.15) is 0 Å². The Morgan fingerprint density at radius 1 is 1.50 bits per heavy atom. The standard InChI is InChI=1S/C10H21NO/c1-3-4-7-12-10-5-6-11-8-9(10)2/h9-11H,3-8H2,1-2H3. The molecule has 2 atom stereocenters. The maximum absolute atomic E-state index is 5.80. The van der Waals surface area contributed by atoms with Gasteiger partial charge in [-0.1, -0.05) is 20.3 Å². The molecule has 0 bridgehead atoms. The van der Waals surface area contributed by atoms with E-state index in [0.717, 1.165) is 19.7 Å². The molecule has 1 N–H and O–H groups in total. The Kier molecular flexibility index (Phi) is 4.62. The highest BCUT2D eigenvalue weighted by Crippen LogP contribution is 2.14. The molecular formula is C10H21NO. The zero-order valence-electron chi connectivity index (χ0n) is 8.31. The first-order chi connectivity index (χ1) is 5.84. The summed E-state index contributed by atoms with van der Waals surface area (Å²) < 4.78 is 5.80. The van der Waals surface area contributed by atoms with Gasteiger partial charge >= 0.3 is 0 Å². The van der Waals surface area contributed by atoms with Crippen molar-refractivity contribution in [1.82, 2.24) is 5.32 Å². The van der Waals surface area contributed by atoms with Crippen LogP contribution < -0.4 is 5.32 Å². The van der Waals surface area contributed by atoms with Gasteiger partial charge < -0.3 is 10.1 Å². The largest absolute Gasteiger partial charge is 0.378 e. The van der Waals surface area contributed by atoms with Crippen LogP contribution in [0.1, 0.15) is 33.1 Å². The zero-order chi connectivity index (χ0) is 8.81. The first-order valence-corrected chi connectivity index (χ1v) is 5.17. The van der Waals surface area contributed by atoms with Crippen molar-refractivity contribution in [3.05, 3.63) is 0 Å². The van der Waals surface area contributed by atoms with Gasteiger partial charge in [0.05, 0.1) is 6.10 Å². The summed E-state index contributed by atoms with van der Waals surface area (Å²) in [5.74, 6) is 0.690. The fraction of sp³-hybridized carbons (Fsp3) is 1.00. The van der Waals surface area contributed by atoms with Crippen molar-refractivity contribution in [2.75, 3.05) is 19.7 Å². The Morgan fingerprint density at radius 3 is 3.00 bits per heavy atom. The Balaban J connectivity index is 2.11. The van der Waals surface area contributed by atoms with E-state index >= 15 is 0 Å². The zero-order valence-corrected chi connectivity index (χ0v) is 8.31. The maximum atomic E-state index is 5.80. The summed E-state index contributed by atoms with van der Waals surface area (Å²) in [5.41, 5.74) is 0. The molecule has 0 aromatic carbocycles. The smallest absolute Gasteiger partial charge is 0.0624 e. The molecule has 2 unspecified atom stereocenters. The minimum Gasteiger partial charge on any atom is -0.378 e. The second-order valence-corrected chi connectivity index (χ2v) is 3.73. The first-order valence-electron chi connectivity index (χ1n) is 5.17. The van der Waals surface area contributed by atoms with E-state index in [1.54, 1.807) is 0 Å². The Hall–Kier alpha value is -0.0800. The van der Waals surface area contributed by atoms with Crippen molar-refractivity contribution in [2.24, 2.45) is 5.92 Å². The van der Waals surface area contributed by atoms with Gasteiger partial charge in [0.25, 0.3) is 0 Å². The van der Waals surface area contributed by atoms with Gasteiger partial charge in [-0.2, -0.15) is 0 Å². The molecule has 12 heavy (non-hydrogen) atoms. The first kappa shape index (κ1) is 10.0. The number of unbranched alkanes of at least 4 members (excludes halogenated alkanes) is 1. The maximum Gasteiger partial charge on any atom is 0.0624 e. The SMILES string of the molecule is CCCCOC1CCNCC1C. The molecule has 0 aliphatic carbocycles. The molecular weight excluding hydrogens is 150 g/mol. The van der Waals surface area contributed by atoms with Crippen molar-refractivity contribution < 1.29 is 4.74 Å². The molecule has 0 amide bonds. The van der Waals surface area contributed by atoms with E-state index < -0.39 is 0 Å². The molecule has 1 fully saturated rings. The van der Waals surface area contributed by atoms with E-state index in [1.807, 2.05) is 0 Å². The molecule has 1 aliphatic rings. The third-order valence-electron chi connectivity index (χ3n) is 2.54. The van der Waals surface area contributed by atoms with E-state index in [-0.39, 0.29) is 0 Å². The van der Waals surface area contributed by atoms with Crippen LogP contribution in [0.15, 0.2) is 0 Å². The van der Waals surface area contributed by atoms with Gasteiger partial charge in [-0.25, -0.2) is 0 Å². The third-order valence-corrected chi connectivity index (χ3v) is 2.54. The van der Waals surface area contributed by atoms with E-state index in [9.17, 15) is 0 Å². The Bertz CT molecular complexity index is 116. The summed E-state index contributed by atoms with van der Waals surface area (Å²) in [4.78, 5) is 0. The summed E-state index contributed by atoms with van der Waals surface area (Å²) in [5, 5.41) is 3.37. The fourth-order valence-corrected chi connectivity index (χ4v) is 1.62. The molecule has 0 saturated carbocycles. The average molecular weight is 171 g/mol. The van der Waals surface area contributed by atoms with Gasteiger partial charge in [-0.3, -0.25) is 0 Å². The fourth-order valence-electron chi connectivity index (χ4n) is 1.62. The number of piperidine rings is 1. The molecule has 0 aromatic heterocycles. The van der Waals surface area contributed by atoms with E-state index in [0.29, 0.717) is 12.0 Å². The van der Waals surface area contributed by atoms with Crippen LogP contribution in [-0.4, -0.2) is 25.8 Å². The monoisotopic (exact) mass is 171 g/mol. The van der Waals surface area contributed by atoms with Crippen LogP contribution in [0, 0.1) is 5.92 Å². The normalized spacial score (nSPS) is 30.5. The highest BCUT2D eigenvalue weighted by Gasteiger charge is 2.20. The molecule has 1 aliphatic heterocycles. The average Bonchev–Trinajstić information content (AvgIpc) is 2.09. The Morgan fingerprint density at radius 2 is 2.33 bits per heavy atom. The molecule has 1 rings (SSSR count). The van der Waals surface area contributed by atoms with Crippen LogP contribution in [0.25, 0.3) is 0 Å². The van der Waals surface area contributed by atoms with Crippen LogP contribution in [0.2, 0.25) is 0 Å². The number of nitrogens with one attached hydrogen (secondary N) is 1. The number of hydrogen-bond donors (Lipinski definition) is 1. The van der Waals surface area contributed by atoms with Gasteiger partial charge in [-0.15, -0.1) is 0 Å². The van der Waals surface area contributed by atoms with Crippen molar-refractivity contribution in [1.29, 1.82) is 0 Å². The molecule has 1 heterocycles. The van der Waals surface area contributed by atoms with E-state index in [2.05, 4.69) is 19.2 Å². The lowest BCUT2D eigenvalue weighted by atomic mass is 9.98. The molecule has 0 radical (unpaired) electrons. The summed E-state index contributed by atoms with van der Waals surface area (Å²) in [6.07, 6.45) is 4.14. The van der Waals surface area contributed by atoms with E-state index in [1.165, 1.54) is 19.3 Å². The van der Waals surface area contributed by atoms with Gasteiger partial charge in [-0.05, 0) is 25.3 Å². The molecule has 2 heteroatoms.